The van der Waals surface area contributed by atoms with Crippen LogP contribution < -0.4 is 9.64 Å². The zero-order valence-corrected chi connectivity index (χ0v) is 21.6. The van der Waals surface area contributed by atoms with Gasteiger partial charge in [-0.1, -0.05) is 29.8 Å². The van der Waals surface area contributed by atoms with Crippen LogP contribution in [0.2, 0.25) is 5.02 Å². The van der Waals surface area contributed by atoms with Gasteiger partial charge >= 0.3 is 12.2 Å². The van der Waals surface area contributed by atoms with E-state index in [1.807, 2.05) is 23.9 Å². The predicted molar refractivity (Wildman–Crippen MR) is 136 cm³/mol. The van der Waals surface area contributed by atoms with Gasteiger partial charge in [0.15, 0.2) is 5.82 Å². The molecule has 0 spiro atoms. The second kappa shape index (κ2) is 11.1. The summed E-state index contributed by atoms with van der Waals surface area (Å²) in [6, 6.07) is 3.32. The molecule has 1 amide bonds. The lowest BCUT2D eigenvalue weighted by Crippen LogP contribution is -2.48. The number of hydrogen-bond acceptors (Lipinski definition) is 7. The van der Waals surface area contributed by atoms with Gasteiger partial charge in [0.25, 0.3) is 0 Å². The largest absolute Gasteiger partial charge is 0.467 e. The Morgan fingerprint density at radius 1 is 1.18 bits per heavy atom. The molecule has 1 aliphatic rings. The van der Waals surface area contributed by atoms with E-state index in [1.165, 1.54) is 25.4 Å². The van der Waals surface area contributed by atoms with Gasteiger partial charge in [-0.3, -0.25) is 9.78 Å². The summed E-state index contributed by atoms with van der Waals surface area (Å²) in [5.74, 6) is -0.866. The van der Waals surface area contributed by atoms with E-state index >= 15 is 4.39 Å². The molecule has 13 heteroatoms. The van der Waals surface area contributed by atoms with Crippen LogP contribution in [-0.2, 0) is 11.0 Å². The summed E-state index contributed by atoms with van der Waals surface area (Å²) >= 11 is 5.83. The molecular formula is C25H25ClF4N6O2. The molecule has 0 atom stereocenters. The quantitative estimate of drug-likeness (QED) is 0.334. The fourth-order valence-electron chi connectivity index (χ4n) is 4.16. The van der Waals surface area contributed by atoms with Crippen molar-refractivity contribution >= 4 is 34.2 Å². The topological polar surface area (TPSA) is 74.7 Å². The van der Waals surface area contributed by atoms with E-state index in [9.17, 15) is 18.0 Å². The first-order valence-electron chi connectivity index (χ1n) is 11.6. The van der Waals surface area contributed by atoms with Gasteiger partial charge in [0.05, 0.1) is 23.1 Å². The van der Waals surface area contributed by atoms with Crippen LogP contribution in [0, 0.1) is 5.82 Å². The molecule has 0 bridgehead atoms. The van der Waals surface area contributed by atoms with Crippen molar-refractivity contribution in [1.29, 1.82) is 0 Å². The van der Waals surface area contributed by atoms with Crippen LogP contribution >= 0.6 is 11.6 Å². The summed E-state index contributed by atoms with van der Waals surface area (Å²) in [6.07, 6.45) is -0.270. The Morgan fingerprint density at radius 3 is 2.53 bits per heavy atom. The lowest BCUT2D eigenvalue weighted by molar-refractivity contribution is -0.137. The Kier molecular flexibility index (Phi) is 8.02. The summed E-state index contributed by atoms with van der Waals surface area (Å²) in [6.45, 7) is 2.20. The van der Waals surface area contributed by atoms with Crippen LogP contribution in [0.25, 0.3) is 22.2 Å². The standard InChI is InChI=1S/C25H25ClF4N6O2/c1-34(2)9-5-8-18(37)35-10-12-36(13-11-35)23-16-14-31-21(20(27)22(16)32-24(33-23)38-3)15-6-4-7-17(26)19(15)25(28,29)30/h4-8,14H,9-13H2,1-3H3/b8-5+. The molecule has 0 aliphatic carbocycles. The van der Waals surface area contributed by atoms with Gasteiger partial charge in [-0.2, -0.15) is 23.1 Å². The first kappa shape index (κ1) is 27.5. The van der Waals surface area contributed by atoms with E-state index < -0.39 is 33.8 Å². The van der Waals surface area contributed by atoms with E-state index in [-0.39, 0.29) is 22.8 Å². The molecule has 4 rings (SSSR count). The number of carbonyl (C=O) groups excluding carboxylic acids is 1. The summed E-state index contributed by atoms with van der Waals surface area (Å²) < 4.78 is 62.1. The number of piperazine rings is 1. The van der Waals surface area contributed by atoms with E-state index in [2.05, 4.69) is 15.0 Å². The lowest BCUT2D eigenvalue weighted by Gasteiger charge is -2.35. The van der Waals surface area contributed by atoms with Gasteiger partial charge in [-0.05, 0) is 20.2 Å². The summed E-state index contributed by atoms with van der Waals surface area (Å²) in [5, 5.41) is -0.366. The maximum atomic E-state index is 15.8. The van der Waals surface area contributed by atoms with Crippen molar-refractivity contribution in [3.8, 4) is 17.3 Å². The van der Waals surface area contributed by atoms with Crippen LogP contribution in [0.5, 0.6) is 6.01 Å². The fraction of sp³-hybridized carbons (Fsp3) is 0.360. The Morgan fingerprint density at radius 2 is 1.89 bits per heavy atom. The molecule has 8 nitrogen and oxygen atoms in total. The third-order valence-corrected chi connectivity index (χ3v) is 6.32. The average molecular weight is 553 g/mol. The number of aromatic nitrogens is 3. The first-order valence-corrected chi connectivity index (χ1v) is 12.0. The highest BCUT2D eigenvalue weighted by molar-refractivity contribution is 6.31. The van der Waals surface area contributed by atoms with Crippen molar-refractivity contribution in [3.63, 3.8) is 0 Å². The van der Waals surface area contributed by atoms with Crippen LogP contribution in [-0.4, -0.2) is 84.6 Å². The average Bonchev–Trinajstić information content (AvgIpc) is 2.87. The highest BCUT2D eigenvalue weighted by atomic mass is 35.5. The van der Waals surface area contributed by atoms with Crippen molar-refractivity contribution in [2.45, 2.75) is 6.18 Å². The van der Waals surface area contributed by atoms with Crippen molar-refractivity contribution in [2.24, 2.45) is 0 Å². The number of benzene rings is 1. The van der Waals surface area contributed by atoms with Gasteiger partial charge in [0.2, 0.25) is 5.91 Å². The Bertz CT molecular complexity index is 1370. The minimum absolute atomic E-state index is 0.115. The van der Waals surface area contributed by atoms with Gasteiger partial charge in [-0.25, -0.2) is 4.39 Å². The summed E-state index contributed by atoms with van der Waals surface area (Å²) in [7, 11) is 5.11. The maximum Gasteiger partial charge on any atom is 0.418 e. The molecule has 0 saturated carbocycles. The van der Waals surface area contributed by atoms with Crippen molar-refractivity contribution in [1.82, 2.24) is 24.8 Å². The van der Waals surface area contributed by atoms with Crippen LogP contribution in [0.3, 0.4) is 0 Å². The monoisotopic (exact) mass is 552 g/mol. The molecule has 2 aromatic heterocycles. The minimum atomic E-state index is -4.83. The van der Waals surface area contributed by atoms with Gasteiger partial charge in [0, 0.05) is 50.6 Å². The second-order valence-corrected chi connectivity index (χ2v) is 9.26. The number of ether oxygens (including phenoxy) is 1. The predicted octanol–water partition coefficient (Wildman–Crippen LogP) is 4.28. The molecule has 0 unspecified atom stereocenters. The second-order valence-electron chi connectivity index (χ2n) is 8.85. The zero-order valence-electron chi connectivity index (χ0n) is 20.9. The number of hydrogen-bond donors (Lipinski definition) is 0. The first-order chi connectivity index (χ1) is 18.0. The third-order valence-electron chi connectivity index (χ3n) is 6.00. The molecule has 0 radical (unpaired) electrons. The van der Waals surface area contributed by atoms with E-state index in [4.69, 9.17) is 16.3 Å². The molecule has 3 aromatic rings. The fourth-order valence-corrected chi connectivity index (χ4v) is 4.44. The van der Waals surface area contributed by atoms with Crippen molar-refractivity contribution in [3.05, 3.63) is 53.0 Å². The van der Waals surface area contributed by atoms with Gasteiger partial charge in [0.1, 0.15) is 17.0 Å². The maximum absolute atomic E-state index is 15.8. The Hall–Kier alpha value is -3.51. The molecule has 0 N–H and O–H groups in total. The Balaban J connectivity index is 1.69. The highest BCUT2D eigenvalue weighted by Gasteiger charge is 2.37. The van der Waals surface area contributed by atoms with Crippen LogP contribution in [0.15, 0.2) is 36.5 Å². The molecule has 202 valence electrons. The Labute approximate surface area is 221 Å². The van der Waals surface area contributed by atoms with Crippen molar-refractivity contribution in [2.75, 3.05) is 58.8 Å². The SMILES string of the molecule is COc1nc(N2CCN(C(=O)/C=C/CN(C)C)CC2)c2cnc(-c3cccc(Cl)c3C(F)(F)F)c(F)c2n1. The summed E-state index contributed by atoms with van der Waals surface area (Å²) in [4.78, 5) is 30.4. The van der Waals surface area contributed by atoms with E-state index in [0.29, 0.717) is 38.5 Å². The van der Waals surface area contributed by atoms with Gasteiger partial charge < -0.3 is 19.4 Å². The smallest absolute Gasteiger partial charge is 0.418 e. The number of fused-ring (bicyclic) bond motifs is 1. The van der Waals surface area contributed by atoms with Gasteiger partial charge in [-0.15, -0.1) is 0 Å². The molecule has 3 heterocycles. The zero-order chi connectivity index (χ0) is 27.6. The number of pyridine rings is 1. The highest BCUT2D eigenvalue weighted by Crippen LogP contribution is 2.42. The molecule has 1 fully saturated rings. The molecule has 1 aromatic carbocycles. The number of anilines is 1. The van der Waals surface area contributed by atoms with E-state index in [0.717, 1.165) is 12.1 Å². The number of nitrogens with zero attached hydrogens (tertiary/aromatic N) is 6. The number of amides is 1. The van der Waals surface area contributed by atoms with E-state index in [1.54, 1.807) is 11.0 Å². The molecule has 1 aliphatic heterocycles. The number of rotatable bonds is 6. The number of likely N-dealkylation sites (N-methyl/N-ethyl adjacent to an activating group) is 1. The summed E-state index contributed by atoms with van der Waals surface area (Å²) in [5.41, 5.74) is -2.47. The molecule has 1 saturated heterocycles. The minimum Gasteiger partial charge on any atom is -0.467 e. The normalized spacial score (nSPS) is 14.7. The van der Waals surface area contributed by atoms with Crippen LogP contribution in [0.1, 0.15) is 5.56 Å². The molecule has 38 heavy (non-hydrogen) atoms. The number of alkyl halides is 3. The van der Waals surface area contributed by atoms with Crippen molar-refractivity contribution < 1.29 is 27.1 Å². The number of carbonyl (C=O) groups is 1. The van der Waals surface area contributed by atoms with Crippen LogP contribution in [0.4, 0.5) is 23.4 Å². The number of halogens is 5. The third kappa shape index (κ3) is 5.65. The lowest BCUT2D eigenvalue weighted by atomic mass is 10.0. The number of methoxy groups -OCH3 is 1. The molecular weight excluding hydrogens is 528 g/mol.